The van der Waals surface area contributed by atoms with Gasteiger partial charge in [-0.15, -0.1) is 0 Å². The Labute approximate surface area is 223 Å². The molecule has 0 unspecified atom stereocenters. The highest BCUT2D eigenvalue weighted by molar-refractivity contribution is 6.15. The lowest BCUT2D eigenvalue weighted by Crippen LogP contribution is -2.11. The molecule has 0 spiro atoms. The van der Waals surface area contributed by atoms with Crippen molar-refractivity contribution < 1.29 is 23.9 Å². The molecule has 0 bridgehead atoms. The zero-order chi connectivity index (χ0) is 27.1. The van der Waals surface area contributed by atoms with E-state index in [0.717, 1.165) is 60.5 Å². The van der Waals surface area contributed by atoms with Crippen molar-refractivity contribution in [3.8, 4) is 5.75 Å². The monoisotopic (exact) mass is 513 g/mol. The number of carbonyl (C=O) groups excluding carboxylic acids is 3. The maximum Gasteiger partial charge on any atom is 0.513 e. The van der Waals surface area contributed by atoms with Gasteiger partial charge in [-0.25, -0.2) is 4.79 Å². The maximum atomic E-state index is 13.3. The molecule has 4 aromatic rings. The number of unbranched alkanes of at least 4 members (excludes halogenated alkanes) is 3. The molecule has 4 rings (SSSR count). The third-order valence-electron chi connectivity index (χ3n) is 6.81. The Balaban J connectivity index is 1.60. The van der Waals surface area contributed by atoms with Crippen LogP contribution in [0.15, 0.2) is 60.7 Å². The summed E-state index contributed by atoms with van der Waals surface area (Å²) in [5.41, 5.74) is 3.83. The van der Waals surface area contributed by atoms with Crippen LogP contribution in [0.4, 0.5) is 4.79 Å². The van der Waals surface area contributed by atoms with E-state index in [4.69, 9.17) is 9.47 Å². The van der Waals surface area contributed by atoms with E-state index in [1.807, 2.05) is 43.3 Å². The fourth-order valence-corrected chi connectivity index (χ4v) is 4.71. The number of benzene rings is 3. The second kappa shape index (κ2) is 12.5. The molecule has 38 heavy (non-hydrogen) atoms. The van der Waals surface area contributed by atoms with E-state index in [1.165, 1.54) is 0 Å². The van der Waals surface area contributed by atoms with Gasteiger partial charge in [-0.2, -0.15) is 0 Å². The molecule has 0 radical (unpaired) electrons. The van der Waals surface area contributed by atoms with Crippen LogP contribution in [-0.2, 0) is 11.3 Å². The van der Waals surface area contributed by atoms with Gasteiger partial charge >= 0.3 is 6.16 Å². The molecular formula is C32H35NO5. The Bertz CT molecular complexity index is 1450. The lowest BCUT2D eigenvalue weighted by atomic mass is 9.99. The van der Waals surface area contributed by atoms with Gasteiger partial charge in [0, 0.05) is 51.5 Å². The summed E-state index contributed by atoms with van der Waals surface area (Å²) in [6, 6.07) is 18.1. The predicted octanol–water partition coefficient (Wildman–Crippen LogP) is 8.12. The second-order valence-electron chi connectivity index (χ2n) is 9.50. The molecule has 0 aliphatic heterocycles. The highest BCUT2D eigenvalue weighted by atomic mass is 16.7. The number of Topliss-reactive ketones (excluding diaryl/α,β-unsaturated/α-hetero) is 1. The lowest BCUT2D eigenvalue weighted by molar-refractivity contribution is 0.0969. The van der Waals surface area contributed by atoms with E-state index >= 15 is 0 Å². The smallest absolute Gasteiger partial charge is 0.434 e. The number of hydrogen-bond acceptors (Lipinski definition) is 5. The largest absolute Gasteiger partial charge is 0.513 e. The fourth-order valence-electron chi connectivity index (χ4n) is 4.71. The van der Waals surface area contributed by atoms with Crippen LogP contribution in [0.3, 0.4) is 0 Å². The number of aryl methyl sites for hydroxylation is 1. The highest BCUT2D eigenvalue weighted by Crippen LogP contribution is 2.32. The van der Waals surface area contributed by atoms with Crippen LogP contribution in [0, 0.1) is 0 Å². The lowest BCUT2D eigenvalue weighted by Gasteiger charge is -2.07. The first-order valence-corrected chi connectivity index (χ1v) is 13.5. The van der Waals surface area contributed by atoms with Crippen LogP contribution in [0.1, 0.15) is 85.6 Å². The van der Waals surface area contributed by atoms with Gasteiger partial charge in [0.15, 0.2) is 11.6 Å². The molecule has 1 heterocycles. The van der Waals surface area contributed by atoms with Gasteiger partial charge in [0.25, 0.3) is 0 Å². The number of hydrogen-bond donors (Lipinski definition) is 0. The number of carbonyl (C=O) groups is 3. The zero-order valence-electron chi connectivity index (χ0n) is 22.4. The summed E-state index contributed by atoms with van der Waals surface area (Å²) in [5, 5.41) is 1.92. The van der Waals surface area contributed by atoms with Crippen molar-refractivity contribution in [2.24, 2.45) is 0 Å². The molecule has 0 amide bonds. The predicted molar refractivity (Wildman–Crippen MR) is 150 cm³/mol. The summed E-state index contributed by atoms with van der Waals surface area (Å²) >= 11 is 0. The molecule has 1 aromatic heterocycles. The molecule has 198 valence electrons. The van der Waals surface area contributed by atoms with Gasteiger partial charge < -0.3 is 14.0 Å². The van der Waals surface area contributed by atoms with E-state index in [-0.39, 0.29) is 11.6 Å². The normalized spacial score (nSPS) is 11.1. The number of rotatable bonds is 12. The average molecular weight is 514 g/mol. The van der Waals surface area contributed by atoms with Crippen molar-refractivity contribution in [1.82, 2.24) is 4.57 Å². The van der Waals surface area contributed by atoms with Crippen molar-refractivity contribution in [2.75, 3.05) is 6.61 Å². The molecule has 0 atom stereocenters. The standard InChI is InChI=1S/C32H35NO5/c1-4-7-9-10-30(34)23-13-17-28-26(20-23)27-21-24(14-18-29(27)33(28)6-3)31(35)22-11-15-25(16-12-22)38-32(36)37-19-8-5-2/h11-18,20-21H,4-10,19H2,1-3H3. The van der Waals surface area contributed by atoms with Crippen molar-refractivity contribution in [3.63, 3.8) is 0 Å². The fraction of sp³-hybridized carbons (Fsp3) is 0.344. The summed E-state index contributed by atoms with van der Waals surface area (Å²) < 4.78 is 12.4. The average Bonchev–Trinajstić information content (AvgIpc) is 3.25. The minimum Gasteiger partial charge on any atom is -0.434 e. The Morgan fingerprint density at radius 3 is 1.95 bits per heavy atom. The molecule has 6 heteroatoms. The van der Waals surface area contributed by atoms with E-state index < -0.39 is 6.16 Å². The van der Waals surface area contributed by atoms with Crippen LogP contribution >= 0.6 is 0 Å². The Morgan fingerprint density at radius 1 is 0.711 bits per heavy atom. The van der Waals surface area contributed by atoms with E-state index in [9.17, 15) is 14.4 Å². The van der Waals surface area contributed by atoms with Gasteiger partial charge in [-0.3, -0.25) is 9.59 Å². The Hall–Kier alpha value is -3.93. The van der Waals surface area contributed by atoms with Gasteiger partial charge in [-0.1, -0.05) is 33.1 Å². The molecule has 6 nitrogen and oxygen atoms in total. The molecule has 0 saturated heterocycles. The van der Waals surface area contributed by atoms with Crippen LogP contribution < -0.4 is 4.74 Å². The minimum atomic E-state index is -0.751. The Morgan fingerprint density at radius 2 is 1.32 bits per heavy atom. The van der Waals surface area contributed by atoms with E-state index in [2.05, 4.69) is 18.4 Å². The summed E-state index contributed by atoms with van der Waals surface area (Å²) in [6.07, 6.45) is 4.52. The molecule has 0 saturated carbocycles. The van der Waals surface area contributed by atoms with E-state index in [1.54, 1.807) is 24.3 Å². The van der Waals surface area contributed by atoms with Crippen LogP contribution in [-0.4, -0.2) is 28.9 Å². The molecule has 0 fully saturated rings. The summed E-state index contributed by atoms with van der Waals surface area (Å²) in [5.74, 6) is 0.343. The van der Waals surface area contributed by atoms with E-state index in [0.29, 0.717) is 35.5 Å². The van der Waals surface area contributed by atoms with Crippen LogP contribution in [0.25, 0.3) is 21.8 Å². The molecule has 0 N–H and O–H groups in total. The molecular weight excluding hydrogens is 478 g/mol. The van der Waals surface area contributed by atoms with Gasteiger partial charge in [0.2, 0.25) is 0 Å². The van der Waals surface area contributed by atoms with Crippen molar-refractivity contribution in [2.45, 2.75) is 65.8 Å². The van der Waals surface area contributed by atoms with Crippen molar-refractivity contribution in [1.29, 1.82) is 0 Å². The van der Waals surface area contributed by atoms with Gasteiger partial charge in [0.05, 0.1) is 6.61 Å². The van der Waals surface area contributed by atoms with Crippen LogP contribution in [0.5, 0.6) is 5.75 Å². The number of nitrogens with zero attached hydrogens (tertiary/aromatic N) is 1. The highest BCUT2D eigenvalue weighted by Gasteiger charge is 2.17. The van der Waals surface area contributed by atoms with Crippen molar-refractivity contribution in [3.05, 3.63) is 77.4 Å². The first kappa shape index (κ1) is 27.1. The third kappa shape index (κ3) is 5.96. The van der Waals surface area contributed by atoms with Gasteiger partial charge in [-0.05, 0) is 80.4 Å². The first-order chi connectivity index (χ1) is 18.5. The number of fused-ring (bicyclic) bond motifs is 3. The minimum absolute atomic E-state index is 0.131. The number of ketones is 2. The third-order valence-corrected chi connectivity index (χ3v) is 6.81. The van der Waals surface area contributed by atoms with Gasteiger partial charge in [0.1, 0.15) is 5.75 Å². The quantitative estimate of drug-likeness (QED) is 0.0827. The summed E-state index contributed by atoms with van der Waals surface area (Å²) in [6.45, 7) is 7.32. The molecule has 0 aliphatic rings. The number of aromatic nitrogens is 1. The number of ether oxygens (including phenoxy) is 2. The molecule has 0 aliphatic carbocycles. The first-order valence-electron chi connectivity index (χ1n) is 13.5. The van der Waals surface area contributed by atoms with Crippen LogP contribution in [0.2, 0.25) is 0 Å². The maximum absolute atomic E-state index is 13.3. The second-order valence-corrected chi connectivity index (χ2v) is 9.50. The molecule has 3 aromatic carbocycles. The van der Waals surface area contributed by atoms with Crippen molar-refractivity contribution >= 4 is 39.5 Å². The summed E-state index contributed by atoms with van der Waals surface area (Å²) in [7, 11) is 0. The SMILES string of the molecule is CCCCCC(=O)c1ccc2c(c1)c1cc(C(=O)c3ccc(OC(=O)OCCCC)cc3)ccc1n2CC. The Kier molecular flexibility index (Phi) is 8.95. The zero-order valence-corrected chi connectivity index (χ0v) is 22.4. The summed E-state index contributed by atoms with van der Waals surface area (Å²) in [4.78, 5) is 37.9. The topological polar surface area (TPSA) is 74.6 Å².